The molecule has 16 heavy (non-hydrogen) atoms. The zero-order valence-corrected chi connectivity index (χ0v) is 9.90. The van der Waals surface area contributed by atoms with Crippen molar-refractivity contribution in [2.45, 2.75) is 45.2 Å². The van der Waals surface area contributed by atoms with E-state index in [1.165, 1.54) is 6.92 Å². The summed E-state index contributed by atoms with van der Waals surface area (Å²) in [5.41, 5.74) is 0. The van der Waals surface area contributed by atoms with Crippen molar-refractivity contribution < 1.29 is 14.7 Å². The van der Waals surface area contributed by atoms with Crippen LogP contribution in [0.3, 0.4) is 0 Å². The lowest BCUT2D eigenvalue weighted by Gasteiger charge is -2.36. The van der Waals surface area contributed by atoms with Gasteiger partial charge in [0.2, 0.25) is 11.8 Å². The van der Waals surface area contributed by atoms with Gasteiger partial charge in [0.15, 0.2) is 0 Å². The number of amides is 2. The highest BCUT2D eigenvalue weighted by Crippen LogP contribution is 2.17. The monoisotopic (exact) mass is 228 g/mol. The Morgan fingerprint density at radius 3 is 2.75 bits per heavy atom. The highest BCUT2D eigenvalue weighted by molar-refractivity contribution is 5.86. The molecule has 5 nitrogen and oxygen atoms in total. The first kappa shape index (κ1) is 13.0. The van der Waals surface area contributed by atoms with Crippen molar-refractivity contribution in [3.63, 3.8) is 0 Å². The van der Waals surface area contributed by atoms with Crippen molar-refractivity contribution in [3.05, 3.63) is 0 Å². The molecule has 2 unspecified atom stereocenters. The molecule has 0 aliphatic carbocycles. The van der Waals surface area contributed by atoms with Gasteiger partial charge in [0.1, 0.15) is 6.04 Å². The van der Waals surface area contributed by atoms with Crippen molar-refractivity contribution >= 4 is 11.8 Å². The van der Waals surface area contributed by atoms with Crippen LogP contribution in [0.1, 0.15) is 33.1 Å². The van der Waals surface area contributed by atoms with E-state index in [2.05, 4.69) is 5.32 Å². The molecule has 5 heteroatoms. The highest BCUT2D eigenvalue weighted by Gasteiger charge is 2.29. The van der Waals surface area contributed by atoms with Crippen LogP contribution in [0.5, 0.6) is 0 Å². The molecule has 1 saturated heterocycles. The molecule has 1 heterocycles. The number of nitrogens with zero attached hydrogens (tertiary/aromatic N) is 1. The van der Waals surface area contributed by atoms with Gasteiger partial charge < -0.3 is 15.3 Å². The lowest BCUT2D eigenvalue weighted by atomic mass is 10.0. The number of aliphatic hydroxyl groups excluding tert-OH is 1. The molecule has 0 spiro atoms. The van der Waals surface area contributed by atoms with Crippen LogP contribution in [0.25, 0.3) is 0 Å². The molecule has 1 aliphatic heterocycles. The molecule has 0 aromatic rings. The number of hydrogen-bond acceptors (Lipinski definition) is 3. The van der Waals surface area contributed by atoms with Crippen molar-refractivity contribution in [3.8, 4) is 0 Å². The van der Waals surface area contributed by atoms with Crippen LogP contribution in [-0.2, 0) is 9.59 Å². The fraction of sp³-hybridized carbons (Fsp3) is 0.818. The average Bonchev–Trinajstić information content (AvgIpc) is 2.27. The summed E-state index contributed by atoms with van der Waals surface area (Å²) in [5.74, 6) is -0.313. The molecule has 1 rings (SSSR count). The van der Waals surface area contributed by atoms with E-state index in [1.807, 2.05) is 0 Å². The number of nitrogens with one attached hydrogen (secondary N) is 1. The summed E-state index contributed by atoms with van der Waals surface area (Å²) in [7, 11) is 0. The van der Waals surface area contributed by atoms with Gasteiger partial charge in [-0.25, -0.2) is 0 Å². The van der Waals surface area contributed by atoms with Gasteiger partial charge in [-0.2, -0.15) is 0 Å². The Balaban J connectivity index is 2.59. The standard InChI is InChI=1S/C11H20N2O3/c1-8(12-9(2)15)11(16)13-6-4-3-5-10(13)7-14/h8,10,14H,3-7H2,1-2H3,(H,12,15). The first-order valence-electron chi connectivity index (χ1n) is 5.74. The zero-order chi connectivity index (χ0) is 12.1. The summed E-state index contributed by atoms with van der Waals surface area (Å²) in [6.45, 7) is 3.74. The first-order valence-corrected chi connectivity index (χ1v) is 5.74. The van der Waals surface area contributed by atoms with Crippen molar-refractivity contribution in [1.82, 2.24) is 10.2 Å². The topological polar surface area (TPSA) is 69.6 Å². The molecule has 2 N–H and O–H groups in total. The number of aliphatic hydroxyl groups is 1. The average molecular weight is 228 g/mol. The van der Waals surface area contributed by atoms with Crippen LogP contribution in [0.15, 0.2) is 0 Å². The summed E-state index contributed by atoms with van der Waals surface area (Å²) in [4.78, 5) is 24.5. The normalized spacial score (nSPS) is 22.7. The van der Waals surface area contributed by atoms with E-state index in [0.717, 1.165) is 19.3 Å². The minimum atomic E-state index is -0.510. The number of hydrogen-bond donors (Lipinski definition) is 2. The summed E-state index contributed by atoms with van der Waals surface area (Å²) in [6, 6.07) is -0.595. The van der Waals surface area contributed by atoms with Gasteiger partial charge in [-0.3, -0.25) is 9.59 Å². The largest absolute Gasteiger partial charge is 0.394 e. The predicted octanol–water partition coefficient (Wildman–Crippen LogP) is -0.116. The van der Waals surface area contributed by atoms with E-state index in [9.17, 15) is 14.7 Å². The number of piperidine rings is 1. The Morgan fingerprint density at radius 1 is 1.50 bits per heavy atom. The fourth-order valence-corrected chi connectivity index (χ4v) is 2.10. The van der Waals surface area contributed by atoms with Crippen molar-refractivity contribution in [2.24, 2.45) is 0 Å². The predicted molar refractivity (Wildman–Crippen MR) is 59.7 cm³/mol. The van der Waals surface area contributed by atoms with E-state index in [0.29, 0.717) is 6.54 Å². The minimum absolute atomic E-state index is 0.00146. The molecule has 0 aromatic carbocycles. The third kappa shape index (κ3) is 3.20. The maximum absolute atomic E-state index is 12.0. The molecular formula is C11H20N2O3. The molecule has 1 fully saturated rings. The van der Waals surface area contributed by atoms with Gasteiger partial charge in [-0.05, 0) is 26.2 Å². The first-order chi connectivity index (χ1) is 7.56. The van der Waals surface area contributed by atoms with Crippen molar-refractivity contribution in [1.29, 1.82) is 0 Å². The SMILES string of the molecule is CC(=O)NC(C)C(=O)N1CCCCC1CO. The van der Waals surface area contributed by atoms with Crippen LogP contribution in [-0.4, -0.2) is 47.1 Å². The van der Waals surface area contributed by atoms with Crippen LogP contribution in [0.2, 0.25) is 0 Å². The lowest BCUT2D eigenvalue weighted by Crippen LogP contribution is -2.53. The fourth-order valence-electron chi connectivity index (χ4n) is 2.10. The van der Waals surface area contributed by atoms with Crippen LogP contribution in [0, 0.1) is 0 Å². The second-order valence-electron chi connectivity index (χ2n) is 4.29. The van der Waals surface area contributed by atoms with Crippen molar-refractivity contribution in [2.75, 3.05) is 13.2 Å². The van der Waals surface area contributed by atoms with E-state index in [4.69, 9.17) is 0 Å². The second-order valence-corrected chi connectivity index (χ2v) is 4.29. The lowest BCUT2D eigenvalue weighted by molar-refractivity contribution is -0.139. The maximum atomic E-state index is 12.0. The molecule has 0 aromatic heterocycles. The maximum Gasteiger partial charge on any atom is 0.245 e. The summed E-state index contributed by atoms with van der Waals surface area (Å²) in [6.07, 6.45) is 2.85. The molecule has 0 bridgehead atoms. The van der Waals surface area contributed by atoms with E-state index >= 15 is 0 Å². The van der Waals surface area contributed by atoms with E-state index in [-0.39, 0.29) is 24.5 Å². The van der Waals surface area contributed by atoms with E-state index in [1.54, 1.807) is 11.8 Å². The van der Waals surface area contributed by atoms with Crippen LogP contribution >= 0.6 is 0 Å². The molecule has 1 aliphatic rings. The summed E-state index contributed by atoms with van der Waals surface area (Å²) in [5, 5.41) is 11.8. The number of rotatable bonds is 3. The molecule has 2 atom stereocenters. The summed E-state index contributed by atoms with van der Waals surface area (Å²) < 4.78 is 0. The molecular weight excluding hydrogens is 208 g/mol. The van der Waals surface area contributed by atoms with Gasteiger partial charge in [-0.1, -0.05) is 0 Å². The Hall–Kier alpha value is -1.10. The van der Waals surface area contributed by atoms with Crippen LogP contribution < -0.4 is 5.32 Å². The van der Waals surface area contributed by atoms with E-state index < -0.39 is 6.04 Å². The minimum Gasteiger partial charge on any atom is -0.394 e. The molecule has 92 valence electrons. The van der Waals surface area contributed by atoms with Gasteiger partial charge in [0.05, 0.1) is 12.6 Å². The molecule has 0 radical (unpaired) electrons. The number of carbonyl (C=O) groups excluding carboxylic acids is 2. The van der Waals surface area contributed by atoms with Gasteiger partial charge in [0, 0.05) is 13.5 Å². The smallest absolute Gasteiger partial charge is 0.245 e. The Bertz CT molecular complexity index is 268. The molecule has 0 saturated carbocycles. The number of carbonyl (C=O) groups is 2. The Labute approximate surface area is 95.8 Å². The zero-order valence-electron chi connectivity index (χ0n) is 9.90. The molecule has 2 amide bonds. The Morgan fingerprint density at radius 2 is 2.19 bits per heavy atom. The van der Waals surface area contributed by atoms with Gasteiger partial charge in [-0.15, -0.1) is 0 Å². The van der Waals surface area contributed by atoms with Gasteiger partial charge in [0.25, 0.3) is 0 Å². The van der Waals surface area contributed by atoms with Gasteiger partial charge >= 0.3 is 0 Å². The highest BCUT2D eigenvalue weighted by atomic mass is 16.3. The summed E-state index contributed by atoms with van der Waals surface area (Å²) >= 11 is 0. The quantitative estimate of drug-likeness (QED) is 0.708. The third-order valence-corrected chi connectivity index (χ3v) is 2.91. The second kappa shape index (κ2) is 5.84. The third-order valence-electron chi connectivity index (χ3n) is 2.91. The van der Waals surface area contributed by atoms with Crippen LogP contribution in [0.4, 0.5) is 0 Å². The Kier molecular flexibility index (Phi) is 4.73. The number of likely N-dealkylation sites (tertiary alicyclic amines) is 1.